The summed E-state index contributed by atoms with van der Waals surface area (Å²) >= 11 is 0. The van der Waals surface area contributed by atoms with Crippen LogP contribution in [0.5, 0.6) is 5.75 Å². The number of methoxy groups -OCH3 is 1. The zero-order chi connectivity index (χ0) is 18.2. The molecule has 0 fully saturated rings. The third-order valence-corrected chi connectivity index (χ3v) is 5.14. The minimum atomic E-state index is -3.86. The summed E-state index contributed by atoms with van der Waals surface area (Å²) in [5.41, 5.74) is 0.298. The molecule has 0 bridgehead atoms. The van der Waals surface area contributed by atoms with E-state index < -0.39 is 10.0 Å². The summed E-state index contributed by atoms with van der Waals surface area (Å²) in [7, 11) is -2.35. The summed E-state index contributed by atoms with van der Waals surface area (Å²) in [4.78, 5) is 12.3. The predicted molar refractivity (Wildman–Crippen MR) is 93.7 cm³/mol. The van der Waals surface area contributed by atoms with Gasteiger partial charge in [0, 0.05) is 18.8 Å². The number of nitrogens with zero attached hydrogens (tertiary/aromatic N) is 3. The first-order chi connectivity index (χ1) is 11.9. The largest absolute Gasteiger partial charge is 0.497 e. The lowest BCUT2D eigenvalue weighted by molar-refractivity contribution is 0.415. The minimum absolute atomic E-state index is 0.00817. The maximum atomic E-state index is 12.7. The Balaban J connectivity index is 2.07. The minimum Gasteiger partial charge on any atom is -0.497 e. The fourth-order valence-corrected chi connectivity index (χ4v) is 3.60. The average Bonchev–Trinajstić information content (AvgIpc) is 3.05. The summed E-state index contributed by atoms with van der Waals surface area (Å²) < 4.78 is 35.7. The van der Waals surface area contributed by atoms with E-state index in [0.29, 0.717) is 23.8 Å². The highest BCUT2D eigenvalue weighted by Gasteiger charge is 2.19. The lowest BCUT2D eigenvalue weighted by atomic mass is 10.3. The molecule has 3 aromatic rings. The first kappa shape index (κ1) is 17.0. The highest BCUT2D eigenvalue weighted by Crippen LogP contribution is 2.21. The average molecular weight is 362 g/mol. The second-order valence-corrected chi connectivity index (χ2v) is 7.12. The molecule has 3 rings (SSSR count). The van der Waals surface area contributed by atoms with Crippen LogP contribution in [0.1, 0.15) is 12.7 Å². The molecule has 0 aliphatic carbocycles. The molecule has 0 saturated carbocycles. The van der Waals surface area contributed by atoms with Crippen LogP contribution in [0.15, 0.2) is 46.2 Å². The van der Waals surface area contributed by atoms with E-state index in [1.165, 1.54) is 28.5 Å². The van der Waals surface area contributed by atoms with Crippen LogP contribution >= 0.6 is 0 Å². The van der Waals surface area contributed by atoms with Gasteiger partial charge >= 0.3 is 0 Å². The first-order valence-corrected chi connectivity index (χ1v) is 9.10. The van der Waals surface area contributed by atoms with Gasteiger partial charge in [-0.05, 0) is 32.0 Å². The molecule has 132 valence electrons. The number of fused-ring (bicyclic) bond motifs is 1. The zero-order valence-electron chi connectivity index (χ0n) is 14.1. The molecule has 2 aromatic heterocycles. The van der Waals surface area contributed by atoms with Crippen LogP contribution in [0.3, 0.4) is 0 Å². The third-order valence-electron chi connectivity index (χ3n) is 3.79. The highest BCUT2D eigenvalue weighted by atomic mass is 32.2. The Morgan fingerprint density at radius 1 is 1.28 bits per heavy atom. The molecule has 0 aliphatic heterocycles. The van der Waals surface area contributed by atoms with Gasteiger partial charge in [-0.2, -0.15) is 5.10 Å². The quantitative estimate of drug-likeness (QED) is 0.744. The third kappa shape index (κ3) is 3.10. The lowest BCUT2D eigenvalue weighted by Gasteiger charge is -2.07. The van der Waals surface area contributed by atoms with Crippen LogP contribution in [-0.2, 0) is 16.6 Å². The summed E-state index contributed by atoms with van der Waals surface area (Å²) in [6.07, 6.45) is 1.39. The van der Waals surface area contributed by atoms with Gasteiger partial charge in [0.05, 0.1) is 12.8 Å². The van der Waals surface area contributed by atoms with Gasteiger partial charge < -0.3 is 4.74 Å². The molecule has 0 spiro atoms. The van der Waals surface area contributed by atoms with Crippen LogP contribution in [-0.4, -0.2) is 29.7 Å². The molecule has 1 N–H and O–H groups in total. The maximum Gasteiger partial charge on any atom is 0.291 e. The second kappa shape index (κ2) is 6.25. The highest BCUT2D eigenvalue weighted by molar-refractivity contribution is 7.92. The van der Waals surface area contributed by atoms with Gasteiger partial charge in [-0.15, -0.1) is 0 Å². The SMILES string of the molecule is CCn1nc(C)n2cc(S(=O)(=O)Nc3cccc(OC)c3)cc2c1=O. The van der Waals surface area contributed by atoms with Gasteiger partial charge in [0.2, 0.25) is 0 Å². The predicted octanol–water partition coefficient (Wildman–Crippen LogP) is 1.63. The Morgan fingerprint density at radius 2 is 2.04 bits per heavy atom. The lowest BCUT2D eigenvalue weighted by Crippen LogP contribution is -2.25. The number of hydrogen-bond acceptors (Lipinski definition) is 5. The smallest absolute Gasteiger partial charge is 0.291 e. The van der Waals surface area contributed by atoms with Crippen molar-refractivity contribution in [3.8, 4) is 5.75 Å². The molecule has 8 nitrogen and oxygen atoms in total. The van der Waals surface area contributed by atoms with E-state index in [0.717, 1.165) is 0 Å². The van der Waals surface area contributed by atoms with Gasteiger partial charge in [0.1, 0.15) is 22.0 Å². The molecule has 0 radical (unpaired) electrons. The van der Waals surface area contributed by atoms with Crippen LogP contribution < -0.4 is 15.0 Å². The van der Waals surface area contributed by atoms with Crippen molar-refractivity contribution in [2.24, 2.45) is 0 Å². The molecule has 2 heterocycles. The number of aryl methyl sites for hydroxylation is 2. The number of aromatic nitrogens is 3. The van der Waals surface area contributed by atoms with E-state index in [-0.39, 0.29) is 16.0 Å². The molecule has 0 atom stereocenters. The van der Waals surface area contributed by atoms with Gasteiger partial charge in [0.25, 0.3) is 15.6 Å². The summed E-state index contributed by atoms with van der Waals surface area (Å²) in [6, 6.07) is 7.94. The van der Waals surface area contributed by atoms with Gasteiger partial charge in [0.15, 0.2) is 0 Å². The summed E-state index contributed by atoms with van der Waals surface area (Å²) in [5, 5.41) is 4.16. The zero-order valence-corrected chi connectivity index (χ0v) is 14.9. The van der Waals surface area contributed by atoms with Gasteiger partial charge in [-0.25, -0.2) is 13.1 Å². The Labute approximate surface area is 144 Å². The van der Waals surface area contributed by atoms with E-state index in [4.69, 9.17) is 4.74 Å². The number of ether oxygens (including phenoxy) is 1. The number of hydrogen-bond donors (Lipinski definition) is 1. The molecular formula is C16H18N4O4S. The molecule has 0 amide bonds. The topological polar surface area (TPSA) is 94.7 Å². The van der Waals surface area contributed by atoms with Crippen LogP contribution in [0.25, 0.3) is 5.52 Å². The van der Waals surface area contributed by atoms with E-state index in [2.05, 4.69) is 9.82 Å². The normalized spacial score (nSPS) is 11.6. The first-order valence-electron chi connectivity index (χ1n) is 7.62. The van der Waals surface area contributed by atoms with E-state index in [9.17, 15) is 13.2 Å². The van der Waals surface area contributed by atoms with E-state index >= 15 is 0 Å². The molecule has 0 aliphatic rings. The Kier molecular flexibility index (Phi) is 4.25. The number of rotatable bonds is 5. The summed E-state index contributed by atoms with van der Waals surface area (Å²) in [5.74, 6) is 1.06. The van der Waals surface area contributed by atoms with Crippen molar-refractivity contribution in [1.29, 1.82) is 0 Å². The Hall–Kier alpha value is -2.81. The number of sulfonamides is 1. The van der Waals surface area contributed by atoms with Crippen molar-refractivity contribution < 1.29 is 13.2 Å². The van der Waals surface area contributed by atoms with Crippen LogP contribution in [0.2, 0.25) is 0 Å². The van der Waals surface area contributed by atoms with Crippen molar-refractivity contribution in [3.63, 3.8) is 0 Å². The van der Waals surface area contributed by atoms with Crippen molar-refractivity contribution in [2.45, 2.75) is 25.3 Å². The van der Waals surface area contributed by atoms with Crippen molar-refractivity contribution >= 4 is 21.2 Å². The fourth-order valence-electron chi connectivity index (χ4n) is 2.53. The number of benzene rings is 1. The molecule has 1 aromatic carbocycles. The number of anilines is 1. The molecule has 0 unspecified atom stereocenters. The molecule has 9 heteroatoms. The molecule has 25 heavy (non-hydrogen) atoms. The maximum absolute atomic E-state index is 12.7. The van der Waals surface area contributed by atoms with Crippen molar-refractivity contribution in [2.75, 3.05) is 11.8 Å². The Bertz CT molecular complexity index is 1100. The van der Waals surface area contributed by atoms with Crippen LogP contribution in [0.4, 0.5) is 5.69 Å². The molecule has 0 saturated heterocycles. The van der Waals surface area contributed by atoms with Crippen molar-refractivity contribution in [3.05, 3.63) is 52.7 Å². The van der Waals surface area contributed by atoms with E-state index in [1.54, 1.807) is 38.1 Å². The van der Waals surface area contributed by atoms with E-state index in [1.807, 2.05) is 0 Å². The number of nitrogens with one attached hydrogen (secondary N) is 1. The monoisotopic (exact) mass is 362 g/mol. The Morgan fingerprint density at radius 3 is 2.72 bits per heavy atom. The fraction of sp³-hybridized carbons (Fsp3) is 0.250. The van der Waals surface area contributed by atoms with Gasteiger partial charge in [-0.3, -0.25) is 13.9 Å². The molecular weight excluding hydrogens is 344 g/mol. The summed E-state index contributed by atoms with van der Waals surface area (Å²) in [6.45, 7) is 3.92. The van der Waals surface area contributed by atoms with Gasteiger partial charge in [-0.1, -0.05) is 6.07 Å². The van der Waals surface area contributed by atoms with Crippen molar-refractivity contribution in [1.82, 2.24) is 14.2 Å². The second-order valence-electron chi connectivity index (χ2n) is 5.44. The van der Waals surface area contributed by atoms with Crippen LogP contribution in [0, 0.1) is 6.92 Å². The standard InChI is InChI=1S/C16H18N4O4S/c1-4-20-16(21)15-9-14(10-19(15)11(2)17-20)25(22,23)18-12-6-5-7-13(8-12)24-3/h5-10,18H,4H2,1-3H3.